The van der Waals surface area contributed by atoms with E-state index in [0.717, 1.165) is 0 Å². The van der Waals surface area contributed by atoms with Gasteiger partial charge in [-0.2, -0.15) is 0 Å². The minimum atomic E-state index is -3.81. The van der Waals surface area contributed by atoms with Crippen molar-refractivity contribution in [2.24, 2.45) is 0 Å². The summed E-state index contributed by atoms with van der Waals surface area (Å²) in [5.74, 6) is 0.344. The molecule has 4 unspecified atom stereocenters. The van der Waals surface area contributed by atoms with Gasteiger partial charge in [0, 0.05) is 13.7 Å². The summed E-state index contributed by atoms with van der Waals surface area (Å²) in [5, 5.41) is 9.71. The van der Waals surface area contributed by atoms with Gasteiger partial charge in [-0.25, -0.2) is 24.1 Å². The summed E-state index contributed by atoms with van der Waals surface area (Å²) < 4.78 is 51.3. The van der Waals surface area contributed by atoms with Crippen LogP contribution in [0.5, 0.6) is 0 Å². The van der Waals surface area contributed by atoms with Gasteiger partial charge in [0.2, 0.25) is 0 Å². The first kappa shape index (κ1) is 23.1. The second kappa shape index (κ2) is 9.73. The Bertz CT molecular complexity index is 947. The van der Waals surface area contributed by atoms with E-state index in [1.165, 1.54) is 19.6 Å². The third-order valence-electron chi connectivity index (χ3n) is 3.91. The summed E-state index contributed by atoms with van der Waals surface area (Å²) in [6.07, 6.45) is 1.15. The zero-order chi connectivity index (χ0) is 21.1. The molecule has 0 aliphatic carbocycles. The van der Waals surface area contributed by atoms with Crippen LogP contribution in [0, 0.1) is 0 Å². The average molecular weight is 486 g/mol. The maximum atomic E-state index is 12.5. The molecule has 0 spiro atoms. The first-order valence-electron chi connectivity index (χ1n) is 8.30. The minimum Gasteiger partial charge on any atom is -0.388 e. The lowest BCUT2D eigenvalue weighted by Gasteiger charge is -2.19. The van der Waals surface area contributed by atoms with E-state index in [-0.39, 0.29) is 33.0 Å². The van der Waals surface area contributed by atoms with Gasteiger partial charge >= 0.3 is 13.6 Å². The molecular weight excluding hydrogens is 466 g/mol. The van der Waals surface area contributed by atoms with Crippen molar-refractivity contribution in [3.05, 3.63) is 18.3 Å². The third kappa shape index (κ3) is 6.23. The summed E-state index contributed by atoms with van der Waals surface area (Å²) in [5.41, 5.74) is 0.949. The molecule has 12 nitrogen and oxygen atoms in total. The van der Waals surface area contributed by atoms with Crippen LogP contribution in [-0.4, -0.2) is 63.8 Å². The maximum absolute atomic E-state index is 12.5. The summed E-state index contributed by atoms with van der Waals surface area (Å²) in [4.78, 5) is 12.4. The molecule has 0 radical (unpaired) electrons. The lowest BCUT2D eigenvalue weighted by Crippen LogP contribution is -2.25. The van der Waals surface area contributed by atoms with E-state index < -0.39 is 25.8 Å². The molecule has 2 aromatic rings. The number of aliphatic hydroxyl groups excluding tert-OH is 1. The molecule has 1 saturated heterocycles. The van der Waals surface area contributed by atoms with Crippen LogP contribution in [-0.2, 0) is 45.1 Å². The number of rotatable bonds is 10. The van der Waals surface area contributed by atoms with Crippen molar-refractivity contribution in [2.45, 2.75) is 25.4 Å². The van der Waals surface area contributed by atoms with Crippen molar-refractivity contribution in [3.63, 3.8) is 0 Å². The molecule has 0 amide bonds. The standard InChI is InChI=1S/C13H20N4O8P2S2/c1-21-26(19,28)23-3-2-17-12(16-9-4-14-8-15-13(9)17)7-24-27(20,29)25-11-6-22-5-10(11)18/h4,8,10-11,18H,2-3,5-7H2,1H3,(H,19,28)(H,20,29). The molecule has 1 aliphatic heterocycles. The van der Waals surface area contributed by atoms with Gasteiger partial charge in [0.15, 0.2) is 5.65 Å². The van der Waals surface area contributed by atoms with E-state index in [1.807, 2.05) is 0 Å². The number of aliphatic hydroxyl groups is 1. The van der Waals surface area contributed by atoms with Crippen LogP contribution in [0.2, 0.25) is 0 Å². The van der Waals surface area contributed by atoms with Crippen LogP contribution in [0.4, 0.5) is 0 Å². The number of fused-ring (bicyclic) bond motifs is 1. The third-order valence-corrected chi connectivity index (χ3v) is 7.34. The Hall–Kier alpha value is -0.530. The van der Waals surface area contributed by atoms with Gasteiger partial charge in [-0.15, -0.1) is 0 Å². The minimum absolute atomic E-state index is 0.0161. The van der Waals surface area contributed by atoms with Gasteiger partial charge < -0.3 is 18.9 Å². The number of hydrogen-bond donors (Lipinski definition) is 3. The van der Waals surface area contributed by atoms with Crippen molar-refractivity contribution in [3.8, 4) is 0 Å². The predicted octanol–water partition coefficient (Wildman–Crippen LogP) is 1.86. The monoisotopic (exact) mass is 486 g/mol. The first-order valence-corrected chi connectivity index (χ1v) is 13.7. The van der Waals surface area contributed by atoms with Gasteiger partial charge in [-0.05, 0) is 0 Å². The molecule has 4 atom stereocenters. The number of aromatic nitrogens is 4. The van der Waals surface area contributed by atoms with Crippen LogP contribution < -0.4 is 0 Å². The topological polar surface area (TPSA) is 144 Å². The largest absolute Gasteiger partial charge is 0.388 e. The second-order valence-electron chi connectivity index (χ2n) is 5.89. The van der Waals surface area contributed by atoms with E-state index >= 15 is 0 Å². The highest BCUT2D eigenvalue weighted by molar-refractivity contribution is 8.44. The zero-order valence-corrected chi connectivity index (χ0v) is 18.8. The number of ether oxygens (including phenoxy) is 1. The molecule has 3 heterocycles. The quantitative estimate of drug-likeness (QED) is 0.334. The van der Waals surface area contributed by atoms with Crippen molar-refractivity contribution >= 4 is 49.3 Å². The summed E-state index contributed by atoms with van der Waals surface area (Å²) in [6, 6.07) is 0. The van der Waals surface area contributed by atoms with E-state index in [4.69, 9.17) is 18.3 Å². The summed E-state index contributed by atoms with van der Waals surface area (Å²) in [6.45, 7) is -7.14. The highest BCUT2D eigenvalue weighted by Gasteiger charge is 2.34. The molecule has 0 saturated carbocycles. The molecule has 0 bridgehead atoms. The van der Waals surface area contributed by atoms with E-state index in [1.54, 1.807) is 4.57 Å². The van der Waals surface area contributed by atoms with Crippen LogP contribution in [0.25, 0.3) is 11.2 Å². The summed E-state index contributed by atoms with van der Waals surface area (Å²) >= 11 is 7.74. The Balaban J connectivity index is 1.71. The zero-order valence-electron chi connectivity index (χ0n) is 15.2. The highest BCUT2D eigenvalue weighted by atomic mass is 32.7. The van der Waals surface area contributed by atoms with Gasteiger partial charge in [0.05, 0.1) is 26.0 Å². The molecule has 1 N–H and O–H groups in total. The second-order valence-corrected chi connectivity index (χ2v) is 11.8. The Morgan fingerprint density at radius 3 is 2.79 bits per heavy atom. The molecule has 29 heavy (non-hydrogen) atoms. The molecule has 16 heteroatoms. The lowest BCUT2D eigenvalue weighted by atomic mass is 10.3. The van der Waals surface area contributed by atoms with Crippen molar-refractivity contribution in [1.82, 2.24) is 19.5 Å². The summed E-state index contributed by atoms with van der Waals surface area (Å²) in [7, 11) is 1.23. The Kier molecular flexibility index (Phi) is 7.77. The van der Waals surface area contributed by atoms with Gasteiger partial charge in [0.25, 0.3) is 0 Å². The molecule has 1 fully saturated rings. The van der Waals surface area contributed by atoms with Gasteiger partial charge in [-0.1, -0.05) is 24.5 Å². The Labute approximate surface area is 176 Å². The van der Waals surface area contributed by atoms with E-state index in [9.17, 15) is 14.2 Å². The first-order chi connectivity index (χ1) is 13.7. The van der Waals surface area contributed by atoms with Crippen molar-refractivity contribution in [1.29, 1.82) is 0 Å². The molecule has 2 aromatic heterocycles. The SMILES string of the molecule is COP(=O)(S)OCCn1c(COP(=O)(S)OC2COCC2O)nc2cncnc21. The van der Waals surface area contributed by atoms with E-state index in [2.05, 4.69) is 44.0 Å². The van der Waals surface area contributed by atoms with Crippen LogP contribution in [0.15, 0.2) is 12.5 Å². The Morgan fingerprint density at radius 1 is 1.31 bits per heavy atom. The Morgan fingerprint density at radius 2 is 2.10 bits per heavy atom. The number of hydrogen-bond acceptors (Lipinski definition) is 11. The normalized spacial score (nSPS) is 23.9. The van der Waals surface area contributed by atoms with Gasteiger partial charge in [0.1, 0.15) is 36.5 Å². The molecule has 3 rings (SSSR count). The fourth-order valence-corrected chi connectivity index (χ4v) is 4.62. The predicted molar refractivity (Wildman–Crippen MR) is 108 cm³/mol. The van der Waals surface area contributed by atoms with Crippen molar-refractivity contribution < 1.29 is 37.1 Å². The van der Waals surface area contributed by atoms with Crippen LogP contribution in [0.1, 0.15) is 5.82 Å². The van der Waals surface area contributed by atoms with Crippen molar-refractivity contribution in [2.75, 3.05) is 26.9 Å². The molecule has 162 valence electrons. The molecule has 0 aromatic carbocycles. The van der Waals surface area contributed by atoms with Crippen LogP contribution in [0.3, 0.4) is 0 Å². The number of thiol groups is 2. The highest BCUT2D eigenvalue weighted by Crippen LogP contribution is 2.55. The maximum Gasteiger partial charge on any atom is 0.386 e. The average Bonchev–Trinajstić information content (AvgIpc) is 3.23. The van der Waals surface area contributed by atoms with E-state index in [0.29, 0.717) is 17.0 Å². The molecule has 1 aliphatic rings. The smallest absolute Gasteiger partial charge is 0.386 e. The molecular formula is C13H20N4O8P2S2. The fraction of sp³-hybridized carbons (Fsp3) is 0.615. The fourth-order valence-electron chi connectivity index (χ4n) is 2.53. The van der Waals surface area contributed by atoms with Crippen LogP contribution >= 0.6 is 38.1 Å². The lowest BCUT2D eigenvalue weighted by molar-refractivity contribution is 0.0617. The number of nitrogens with zero attached hydrogens (tertiary/aromatic N) is 4. The number of imidazole rings is 1. The van der Waals surface area contributed by atoms with Gasteiger partial charge in [-0.3, -0.25) is 13.6 Å².